The van der Waals surface area contributed by atoms with Crippen molar-refractivity contribution in [2.45, 2.75) is 13.8 Å². The summed E-state index contributed by atoms with van der Waals surface area (Å²) in [5, 5.41) is 14.1. The highest BCUT2D eigenvalue weighted by Gasteiger charge is 2.23. The van der Waals surface area contributed by atoms with E-state index < -0.39 is 4.92 Å². The minimum atomic E-state index is -0.469. The fourth-order valence-corrected chi connectivity index (χ4v) is 1.75. The Morgan fingerprint density at radius 3 is 2.79 bits per heavy atom. The molecule has 2 rings (SSSR count). The average Bonchev–Trinajstić information content (AvgIpc) is 2.38. The first-order valence-electron chi connectivity index (χ1n) is 5.79. The van der Waals surface area contributed by atoms with Crippen LogP contribution in [0.5, 0.6) is 0 Å². The average molecular weight is 259 g/mol. The van der Waals surface area contributed by atoms with E-state index in [1.807, 2.05) is 13.8 Å². The molecule has 2 aromatic heterocycles. The number of hydrogen-bond donors (Lipinski definition) is 1. The second-order valence-electron chi connectivity index (χ2n) is 3.89. The summed E-state index contributed by atoms with van der Waals surface area (Å²) in [5.41, 5.74) is 1.60. The van der Waals surface area contributed by atoms with Gasteiger partial charge in [0.1, 0.15) is 6.33 Å². The molecule has 7 heteroatoms. The molecule has 0 atom stereocenters. The molecule has 2 aromatic rings. The lowest BCUT2D eigenvalue weighted by molar-refractivity contribution is -0.383. The van der Waals surface area contributed by atoms with Gasteiger partial charge in [-0.2, -0.15) is 0 Å². The Morgan fingerprint density at radius 2 is 2.16 bits per heavy atom. The van der Waals surface area contributed by atoms with Crippen molar-refractivity contribution >= 4 is 11.5 Å². The molecule has 0 radical (unpaired) electrons. The van der Waals surface area contributed by atoms with Crippen LogP contribution < -0.4 is 5.32 Å². The number of nitrogens with one attached hydrogen (secondary N) is 1. The zero-order valence-corrected chi connectivity index (χ0v) is 10.6. The fourth-order valence-electron chi connectivity index (χ4n) is 1.75. The Balaban J connectivity index is 2.62. The first-order chi connectivity index (χ1) is 9.13. The van der Waals surface area contributed by atoms with E-state index in [2.05, 4.69) is 20.3 Å². The minimum absolute atomic E-state index is 0.116. The van der Waals surface area contributed by atoms with Gasteiger partial charge in [0.15, 0.2) is 5.69 Å². The Bertz CT molecular complexity index is 615. The predicted molar refractivity (Wildman–Crippen MR) is 70.8 cm³/mol. The van der Waals surface area contributed by atoms with Crippen LogP contribution in [0.15, 0.2) is 24.7 Å². The van der Waals surface area contributed by atoms with E-state index in [1.165, 1.54) is 6.33 Å². The highest BCUT2D eigenvalue weighted by molar-refractivity contribution is 5.76. The third-order valence-electron chi connectivity index (χ3n) is 2.52. The van der Waals surface area contributed by atoms with Crippen LogP contribution in [0.25, 0.3) is 11.3 Å². The largest absolute Gasteiger partial charge is 0.365 e. The summed E-state index contributed by atoms with van der Waals surface area (Å²) in [6.45, 7) is 4.22. The highest BCUT2D eigenvalue weighted by Crippen LogP contribution is 2.32. The molecule has 1 N–H and O–H groups in total. The quantitative estimate of drug-likeness (QED) is 0.668. The van der Waals surface area contributed by atoms with Crippen LogP contribution >= 0.6 is 0 Å². The maximum atomic E-state index is 11.2. The number of aromatic nitrogens is 3. The first kappa shape index (κ1) is 12.9. The lowest BCUT2D eigenvalue weighted by atomic mass is 10.1. The second-order valence-corrected chi connectivity index (χ2v) is 3.89. The summed E-state index contributed by atoms with van der Waals surface area (Å²) >= 11 is 0. The molecule has 0 aliphatic rings. The molecule has 19 heavy (non-hydrogen) atoms. The number of pyridine rings is 1. The lowest BCUT2D eigenvalue weighted by Gasteiger charge is -2.07. The van der Waals surface area contributed by atoms with E-state index in [0.29, 0.717) is 17.8 Å². The Kier molecular flexibility index (Phi) is 3.65. The highest BCUT2D eigenvalue weighted by atomic mass is 16.6. The third-order valence-corrected chi connectivity index (χ3v) is 2.52. The molecule has 0 aliphatic heterocycles. The number of nitro groups is 1. The van der Waals surface area contributed by atoms with Crippen LogP contribution in [0, 0.1) is 17.0 Å². The predicted octanol–water partition coefficient (Wildman–Crippen LogP) is 2.19. The molecular weight excluding hydrogens is 246 g/mol. The first-order valence-corrected chi connectivity index (χ1v) is 5.79. The van der Waals surface area contributed by atoms with Crippen molar-refractivity contribution in [3.63, 3.8) is 0 Å². The van der Waals surface area contributed by atoms with E-state index >= 15 is 0 Å². The van der Waals surface area contributed by atoms with E-state index in [0.717, 1.165) is 5.69 Å². The molecule has 0 spiro atoms. The zero-order valence-electron chi connectivity index (χ0n) is 10.6. The van der Waals surface area contributed by atoms with E-state index in [4.69, 9.17) is 0 Å². The maximum absolute atomic E-state index is 11.2. The normalized spacial score (nSPS) is 10.2. The van der Waals surface area contributed by atoms with Gasteiger partial charge in [-0.3, -0.25) is 15.1 Å². The molecule has 98 valence electrons. The van der Waals surface area contributed by atoms with Gasteiger partial charge in [0.2, 0.25) is 5.82 Å². The van der Waals surface area contributed by atoms with Gasteiger partial charge >= 0.3 is 5.69 Å². The van der Waals surface area contributed by atoms with Gasteiger partial charge in [0, 0.05) is 24.0 Å². The van der Waals surface area contributed by atoms with Gasteiger partial charge in [-0.05, 0) is 26.0 Å². The number of hydrogen-bond acceptors (Lipinski definition) is 6. The topological polar surface area (TPSA) is 93.8 Å². The van der Waals surface area contributed by atoms with Crippen LogP contribution in [0.3, 0.4) is 0 Å². The van der Waals surface area contributed by atoms with Gasteiger partial charge in [-0.1, -0.05) is 0 Å². The molecule has 7 nitrogen and oxygen atoms in total. The smallest absolute Gasteiger partial charge is 0.337 e. The van der Waals surface area contributed by atoms with Gasteiger partial charge < -0.3 is 5.32 Å². The monoisotopic (exact) mass is 259 g/mol. The number of aryl methyl sites for hydroxylation is 1. The third kappa shape index (κ3) is 2.65. The van der Waals surface area contributed by atoms with Crippen molar-refractivity contribution < 1.29 is 4.92 Å². The maximum Gasteiger partial charge on any atom is 0.337 e. The number of anilines is 1. The molecule has 0 amide bonds. The molecule has 0 fully saturated rings. The molecule has 0 aliphatic carbocycles. The van der Waals surface area contributed by atoms with Gasteiger partial charge in [0.25, 0.3) is 0 Å². The Morgan fingerprint density at radius 1 is 1.37 bits per heavy atom. The van der Waals surface area contributed by atoms with Crippen LogP contribution in [-0.2, 0) is 0 Å². The summed E-state index contributed by atoms with van der Waals surface area (Å²) < 4.78 is 0. The van der Waals surface area contributed by atoms with Crippen molar-refractivity contribution in [2.75, 3.05) is 11.9 Å². The molecular formula is C12H13N5O2. The Hall–Kier alpha value is -2.57. The minimum Gasteiger partial charge on any atom is -0.365 e. The summed E-state index contributed by atoms with van der Waals surface area (Å²) in [7, 11) is 0. The van der Waals surface area contributed by atoms with Crippen molar-refractivity contribution in [2.24, 2.45) is 0 Å². The number of rotatable bonds is 4. The van der Waals surface area contributed by atoms with Crippen LogP contribution in [0.2, 0.25) is 0 Å². The van der Waals surface area contributed by atoms with Crippen LogP contribution in [-0.4, -0.2) is 26.4 Å². The molecule has 0 saturated heterocycles. The molecule has 0 bridgehead atoms. The fraction of sp³-hybridized carbons (Fsp3) is 0.250. The molecule has 0 saturated carbocycles. The van der Waals surface area contributed by atoms with Crippen molar-refractivity contribution in [1.29, 1.82) is 0 Å². The summed E-state index contributed by atoms with van der Waals surface area (Å²) in [6.07, 6.45) is 2.92. The zero-order chi connectivity index (χ0) is 13.8. The van der Waals surface area contributed by atoms with Gasteiger partial charge in [0.05, 0.1) is 4.92 Å². The molecule has 0 aromatic carbocycles. The lowest BCUT2D eigenvalue weighted by Crippen LogP contribution is -2.06. The van der Waals surface area contributed by atoms with Crippen LogP contribution in [0.1, 0.15) is 12.6 Å². The number of nitrogens with zero attached hydrogens (tertiary/aromatic N) is 4. The van der Waals surface area contributed by atoms with Crippen molar-refractivity contribution in [3.8, 4) is 11.3 Å². The molecule has 0 unspecified atom stereocenters. The van der Waals surface area contributed by atoms with E-state index in [1.54, 1.807) is 18.3 Å². The standard InChI is InChI=1S/C12H13N5O2/c1-3-13-12-11(17(18)19)10(15-7-16-12)9-4-5-14-8(2)6-9/h4-7H,3H2,1-2H3,(H,13,15,16). The van der Waals surface area contributed by atoms with Crippen molar-refractivity contribution in [1.82, 2.24) is 15.0 Å². The van der Waals surface area contributed by atoms with Crippen molar-refractivity contribution in [3.05, 3.63) is 40.5 Å². The SMILES string of the molecule is CCNc1ncnc(-c2ccnc(C)c2)c1[N+](=O)[O-]. The van der Waals surface area contributed by atoms with Gasteiger partial charge in [-0.25, -0.2) is 9.97 Å². The van der Waals surface area contributed by atoms with Gasteiger partial charge in [-0.15, -0.1) is 0 Å². The molecule has 2 heterocycles. The Labute approximate surface area is 109 Å². The second kappa shape index (κ2) is 5.38. The van der Waals surface area contributed by atoms with E-state index in [9.17, 15) is 10.1 Å². The van der Waals surface area contributed by atoms with Crippen LogP contribution in [0.4, 0.5) is 11.5 Å². The summed E-state index contributed by atoms with van der Waals surface area (Å²) in [4.78, 5) is 22.8. The van der Waals surface area contributed by atoms with E-state index in [-0.39, 0.29) is 11.5 Å². The summed E-state index contributed by atoms with van der Waals surface area (Å²) in [5.74, 6) is 0.229. The summed E-state index contributed by atoms with van der Waals surface area (Å²) in [6, 6.07) is 3.45.